The lowest BCUT2D eigenvalue weighted by molar-refractivity contribution is -0.125. The van der Waals surface area contributed by atoms with Gasteiger partial charge in [-0.05, 0) is 49.1 Å². The standard InChI is InChI=1S/C27H35N5O/c1-2-26(32(25-13-6-7-15-30-25)27(33)20-9-4-3-5-10-20)31-18-17-28-19-24(31)22-11-8-12-23-21(22)14-16-29-23/h6-8,11-16,20,24,26,28-29H,2-5,9-10,17-19H2,1H3. The third kappa shape index (κ3) is 4.42. The molecule has 33 heavy (non-hydrogen) atoms. The summed E-state index contributed by atoms with van der Waals surface area (Å²) in [6.45, 7) is 4.88. The highest BCUT2D eigenvalue weighted by molar-refractivity contribution is 5.94. The van der Waals surface area contributed by atoms with Gasteiger partial charge in [-0.25, -0.2) is 4.98 Å². The first-order valence-corrected chi connectivity index (χ1v) is 12.5. The van der Waals surface area contributed by atoms with E-state index in [2.05, 4.69) is 51.4 Å². The average Bonchev–Trinajstić information content (AvgIpc) is 3.37. The Kier molecular flexibility index (Phi) is 6.74. The van der Waals surface area contributed by atoms with E-state index in [0.717, 1.165) is 63.1 Å². The molecule has 5 rings (SSSR count). The fraction of sp³-hybridized carbons (Fsp3) is 0.481. The van der Waals surface area contributed by atoms with Crippen LogP contribution in [0.4, 0.5) is 5.82 Å². The summed E-state index contributed by atoms with van der Waals surface area (Å²) in [6, 6.07) is 14.8. The van der Waals surface area contributed by atoms with E-state index in [1.54, 1.807) is 6.20 Å². The number of carbonyl (C=O) groups excluding carboxylic acids is 1. The molecule has 3 aromatic rings. The summed E-state index contributed by atoms with van der Waals surface area (Å²) < 4.78 is 0. The van der Waals surface area contributed by atoms with Gasteiger partial charge in [-0.2, -0.15) is 0 Å². The number of fused-ring (bicyclic) bond motifs is 1. The summed E-state index contributed by atoms with van der Waals surface area (Å²) in [7, 11) is 0. The van der Waals surface area contributed by atoms with Gasteiger partial charge in [0.15, 0.2) is 0 Å². The minimum Gasteiger partial charge on any atom is -0.361 e. The molecular weight excluding hydrogens is 410 g/mol. The monoisotopic (exact) mass is 445 g/mol. The van der Waals surface area contributed by atoms with E-state index in [4.69, 9.17) is 0 Å². The van der Waals surface area contributed by atoms with Crippen molar-refractivity contribution >= 4 is 22.6 Å². The maximum atomic E-state index is 14.0. The summed E-state index contributed by atoms with van der Waals surface area (Å²) in [4.78, 5) is 26.6. The summed E-state index contributed by atoms with van der Waals surface area (Å²) >= 11 is 0. The van der Waals surface area contributed by atoms with Crippen LogP contribution < -0.4 is 10.2 Å². The molecule has 1 aliphatic heterocycles. The Bertz CT molecular complexity index is 1060. The van der Waals surface area contributed by atoms with Crippen LogP contribution in [0.1, 0.15) is 57.1 Å². The zero-order chi connectivity index (χ0) is 22.6. The molecule has 1 saturated heterocycles. The lowest BCUT2D eigenvalue weighted by Gasteiger charge is -2.46. The Balaban J connectivity index is 1.53. The molecule has 174 valence electrons. The van der Waals surface area contributed by atoms with Gasteiger partial charge in [0.1, 0.15) is 5.82 Å². The first-order valence-electron chi connectivity index (χ1n) is 12.5. The summed E-state index contributed by atoms with van der Waals surface area (Å²) in [5.41, 5.74) is 2.47. The number of pyridine rings is 1. The van der Waals surface area contributed by atoms with E-state index in [0.29, 0.717) is 0 Å². The van der Waals surface area contributed by atoms with Crippen LogP contribution in [0.5, 0.6) is 0 Å². The Labute approximate surface area is 196 Å². The molecule has 0 radical (unpaired) electrons. The Morgan fingerprint density at radius 1 is 1.15 bits per heavy atom. The molecule has 2 aliphatic rings. The molecule has 2 atom stereocenters. The number of hydrogen-bond donors (Lipinski definition) is 2. The number of rotatable bonds is 6. The van der Waals surface area contributed by atoms with E-state index >= 15 is 0 Å². The van der Waals surface area contributed by atoms with Crippen molar-refractivity contribution in [2.75, 3.05) is 24.5 Å². The number of aromatic amines is 1. The molecular formula is C27H35N5O. The molecule has 3 heterocycles. The number of carbonyl (C=O) groups is 1. The normalized spacial score (nSPS) is 21.2. The maximum Gasteiger partial charge on any atom is 0.232 e. The molecule has 2 fully saturated rings. The van der Waals surface area contributed by atoms with Crippen LogP contribution >= 0.6 is 0 Å². The highest BCUT2D eigenvalue weighted by Crippen LogP contribution is 2.35. The fourth-order valence-electron chi connectivity index (χ4n) is 5.79. The lowest BCUT2D eigenvalue weighted by Crippen LogP contribution is -2.58. The number of piperazine rings is 1. The van der Waals surface area contributed by atoms with Crippen LogP contribution in [0, 0.1) is 5.92 Å². The van der Waals surface area contributed by atoms with Crippen molar-refractivity contribution in [3.8, 4) is 0 Å². The first-order chi connectivity index (χ1) is 16.3. The fourth-order valence-corrected chi connectivity index (χ4v) is 5.79. The summed E-state index contributed by atoms with van der Waals surface area (Å²) in [6.07, 6.45) is 10.2. The Morgan fingerprint density at radius 2 is 2.03 bits per heavy atom. The van der Waals surface area contributed by atoms with Gasteiger partial charge in [-0.3, -0.25) is 14.6 Å². The van der Waals surface area contributed by atoms with Gasteiger partial charge in [0.05, 0.1) is 6.17 Å². The minimum atomic E-state index is -0.0318. The van der Waals surface area contributed by atoms with Gasteiger partial charge in [0.2, 0.25) is 5.91 Å². The predicted octanol–water partition coefficient (Wildman–Crippen LogP) is 4.86. The minimum absolute atomic E-state index is 0.0318. The van der Waals surface area contributed by atoms with Gasteiger partial charge in [-0.1, -0.05) is 44.4 Å². The molecule has 1 saturated carbocycles. The molecule has 2 aromatic heterocycles. The van der Waals surface area contributed by atoms with Gasteiger partial charge in [0.25, 0.3) is 0 Å². The van der Waals surface area contributed by atoms with Crippen molar-refractivity contribution in [1.29, 1.82) is 0 Å². The van der Waals surface area contributed by atoms with E-state index < -0.39 is 0 Å². The average molecular weight is 446 g/mol. The zero-order valence-electron chi connectivity index (χ0n) is 19.5. The molecule has 6 heteroatoms. The number of H-pyrrole nitrogens is 1. The van der Waals surface area contributed by atoms with Crippen LogP contribution in [0.25, 0.3) is 10.9 Å². The Morgan fingerprint density at radius 3 is 2.82 bits per heavy atom. The quantitative estimate of drug-likeness (QED) is 0.569. The second-order valence-electron chi connectivity index (χ2n) is 9.36. The van der Waals surface area contributed by atoms with Crippen LogP contribution in [0.2, 0.25) is 0 Å². The van der Waals surface area contributed by atoms with Gasteiger partial charge in [-0.15, -0.1) is 0 Å². The van der Waals surface area contributed by atoms with E-state index in [-0.39, 0.29) is 24.0 Å². The highest BCUT2D eigenvalue weighted by atomic mass is 16.2. The van der Waals surface area contributed by atoms with Gasteiger partial charge < -0.3 is 10.3 Å². The van der Waals surface area contributed by atoms with Gasteiger partial charge in [0, 0.05) is 54.9 Å². The zero-order valence-corrected chi connectivity index (χ0v) is 19.5. The molecule has 2 N–H and O–H groups in total. The van der Waals surface area contributed by atoms with Crippen LogP contribution in [0.15, 0.2) is 54.9 Å². The van der Waals surface area contributed by atoms with Crippen LogP contribution in [-0.4, -0.2) is 46.6 Å². The first kappa shape index (κ1) is 22.1. The maximum absolute atomic E-state index is 14.0. The number of aromatic nitrogens is 2. The molecule has 1 aromatic carbocycles. The van der Waals surface area contributed by atoms with Crippen molar-refractivity contribution in [1.82, 2.24) is 20.2 Å². The third-order valence-electron chi connectivity index (χ3n) is 7.41. The predicted molar refractivity (Wildman–Crippen MR) is 133 cm³/mol. The number of hydrogen-bond acceptors (Lipinski definition) is 4. The van der Waals surface area contributed by atoms with Crippen molar-refractivity contribution in [3.63, 3.8) is 0 Å². The van der Waals surface area contributed by atoms with E-state index in [9.17, 15) is 4.79 Å². The highest BCUT2D eigenvalue weighted by Gasteiger charge is 2.38. The number of nitrogens with zero attached hydrogens (tertiary/aromatic N) is 3. The number of anilines is 1. The van der Waals surface area contributed by atoms with Crippen LogP contribution in [0.3, 0.4) is 0 Å². The number of amides is 1. The van der Waals surface area contributed by atoms with Crippen molar-refractivity contribution in [2.45, 2.75) is 57.7 Å². The summed E-state index contributed by atoms with van der Waals surface area (Å²) in [5.74, 6) is 1.12. The number of nitrogens with one attached hydrogen (secondary N) is 2. The molecule has 0 bridgehead atoms. The topological polar surface area (TPSA) is 64.3 Å². The van der Waals surface area contributed by atoms with Crippen molar-refractivity contribution in [3.05, 3.63) is 60.4 Å². The molecule has 1 aliphatic carbocycles. The van der Waals surface area contributed by atoms with Crippen molar-refractivity contribution in [2.24, 2.45) is 5.92 Å². The van der Waals surface area contributed by atoms with Crippen molar-refractivity contribution < 1.29 is 4.79 Å². The largest absolute Gasteiger partial charge is 0.361 e. The SMILES string of the molecule is CCC(N(C(=O)C1CCCCC1)c1ccccn1)N1CCNCC1c1cccc2[nH]ccc12. The molecule has 6 nitrogen and oxygen atoms in total. The summed E-state index contributed by atoms with van der Waals surface area (Å²) in [5, 5.41) is 4.86. The Hall–Kier alpha value is -2.70. The lowest BCUT2D eigenvalue weighted by atomic mass is 9.88. The van der Waals surface area contributed by atoms with E-state index in [1.165, 1.54) is 17.4 Å². The smallest absolute Gasteiger partial charge is 0.232 e. The molecule has 1 amide bonds. The molecule has 0 spiro atoms. The third-order valence-corrected chi connectivity index (χ3v) is 7.41. The second kappa shape index (κ2) is 10.1. The second-order valence-corrected chi connectivity index (χ2v) is 9.36. The number of benzene rings is 1. The molecule has 2 unspecified atom stereocenters. The van der Waals surface area contributed by atoms with Crippen LogP contribution in [-0.2, 0) is 4.79 Å². The van der Waals surface area contributed by atoms with Gasteiger partial charge >= 0.3 is 0 Å². The van der Waals surface area contributed by atoms with E-state index in [1.807, 2.05) is 29.3 Å².